The fourth-order valence-corrected chi connectivity index (χ4v) is 1.94. The minimum atomic E-state index is 0.00491. The molecule has 0 spiro atoms. The minimum absolute atomic E-state index is 0.00491. The summed E-state index contributed by atoms with van der Waals surface area (Å²) in [5.74, 6) is 0.849. The lowest BCUT2D eigenvalue weighted by molar-refractivity contribution is 0.0928. The van der Waals surface area contributed by atoms with E-state index in [4.69, 9.17) is 4.74 Å². The number of amides is 1. The molecule has 0 aromatic heterocycles. The summed E-state index contributed by atoms with van der Waals surface area (Å²) in [5.41, 5.74) is 1.79. The molecule has 0 saturated carbocycles. The first-order valence-corrected chi connectivity index (χ1v) is 5.28. The van der Waals surface area contributed by atoms with Gasteiger partial charge in [0, 0.05) is 17.2 Å². The van der Waals surface area contributed by atoms with Gasteiger partial charge in [-0.2, -0.15) is 0 Å². The van der Waals surface area contributed by atoms with Gasteiger partial charge >= 0.3 is 0 Å². The van der Waals surface area contributed by atoms with Gasteiger partial charge < -0.3 is 10.1 Å². The predicted octanol–water partition coefficient (Wildman–Crippen LogP) is 1.76. The number of hydrogen-bond donors (Lipinski definition) is 1. The van der Waals surface area contributed by atoms with Gasteiger partial charge in [0.05, 0.1) is 6.61 Å². The van der Waals surface area contributed by atoms with E-state index in [2.05, 4.69) is 5.32 Å². The lowest BCUT2D eigenvalue weighted by atomic mass is 9.95. The molecule has 1 aliphatic rings. The molecular weight excluding hydrogens is 190 g/mol. The normalized spacial score (nSPS) is 19.3. The van der Waals surface area contributed by atoms with E-state index < -0.39 is 0 Å². The maximum Gasteiger partial charge on any atom is 0.251 e. The summed E-state index contributed by atoms with van der Waals surface area (Å²) in [6.45, 7) is 4.59. The Balaban J connectivity index is 2.44. The molecule has 0 fully saturated rings. The molecule has 1 atom stereocenters. The first-order chi connectivity index (χ1) is 7.22. The van der Waals surface area contributed by atoms with Crippen molar-refractivity contribution in [1.82, 2.24) is 5.32 Å². The Hall–Kier alpha value is -1.51. The number of rotatable bonds is 2. The molecule has 80 valence electrons. The van der Waals surface area contributed by atoms with E-state index in [1.54, 1.807) is 0 Å². The summed E-state index contributed by atoms with van der Waals surface area (Å²) >= 11 is 0. The third-order valence-electron chi connectivity index (χ3n) is 2.57. The molecule has 0 aliphatic carbocycles. The third kappa shape index (κ3) is 1.82. The van der Waals surface area contributed by atoms with Crippen molar-refractivity contribution in [2.24, 2.45) is 0 Å². The van der Waals surface area contributed by atoms with E-state index in [-0.39, 0.29) is 11.9 Å². The van der Waals surface area contributed by atoms with Crippen LogP contribution in [0.3, 0.4) is 0 Å². The molecule has 1 heterocycles. The van der Waals surface area contributed by atoms with Crippen LogP contribution in [0.1, 0.15) is 29.8 Å². The summed E-state index contributed by atoms with van der Waals surface area (Å²) < 4.78 is 5.52. The fraction of sp³-hybridized carbons (Fsp3) is 0.417. The van der Waals surface area contributed by atoms with Gasteiger partial charge in [0.25, 0.3) is 5.91 Å². The van der Waals surface area contributed by atoms with Gasteiger partial charge in [-0.25, -0.2) is 0 Å². The maximum atomic E-state index is 11.7. The van der Waals surface area contributed by atoms with Crippen LogP contribution in [-0.2, 0) is 6.42 Å². The van der Waals surface area contributed by atoms with E-state index in [1.807, 2.05) is 32.0 Å². The average Bonchev–Trinajstić information content (AvgIpc) is 2.19. The Kier molecular flexibility index (Phi) is 2.62. The quantitative estimate of drug-likeness (QED) is 0.799. The summed E-state index contributed by atoms with van der Waals surface area (Å²) in [7, 11) is 0. The second-order valence-electron chi connectivity index (χ2n) is 3.79. The number of carbonyl (C=O) groups is 1. The molecule has 3 heteroatoms. The number of benzene rings is 1. The van der Waals surface area contributed by atoms with E-state index >= 15 is 0 Å². The molecule has 1 aromatic carbocycles. The zero-order chi connectivity index (χ0) is 10.8. The number of hydrogen-bond acceptors (Lipinski definition) is 2. The summed E-state index contributed by atoms with van der Waals surface area (Å²) in [4.78, 5) is 11.7. The second kappa shape index (κ2) is 3.93. The maximum absolute atomic E-state index is 11.7. The molecule has 2 rings (SSSR count). The standard InChI is InChI=1S/C12H15NO2/c1-3-15-11-6-4-5-9-10(11)7-8(2)13-12(9)14/h4-6,8H,3,7H2,1-2H3,(H,13,14). The van der Waals surface area contributed by atoms with Crippen molar-refractivity contribution < 1.29 is 9.53 Å². The average molecular weight is 205 g/mol. The lowest BCUT2D eigenvalue weighted by Gasteiger charge is -2.24. The third-order valence-corrected chi connectivity index (χ3v) is 2.57. The number of carbonyl (C=O) groups excluding carboxylic acids is 1. The molecule has 0 bridgehead atoms. The molecule has 1 aromatic rings. The zero-order valence-electron chi connectivity index (χ0n) is 9.04. The smallest absolute Gasteiger partial charge is 0.251 e. The highest BCUT2D eigenvalue weighted by molar-refractivity contribution is 5.97. The van der Waals surface area contributed by atoms with Gasteiger partial charge in [0.15, 0.2) is 0 Å². The van der Waals surface area contributed by atoms with E-state index in [0.29, 0.717) is 6.61 Å². The van der Waals surface area contributed by atoms with Crippen LogP contribution < -0.4 is 10.1 Å². The number of fused-ring (bicyclic) bond motifs is 1. The Bertz CT molecular complexity index is 387. The molecule has 0 radical (unpaired) electrons. The lowest BCUT2D eigenvalue weighted by Crippen LogP contribution is -2.39. The molecule has 0 saturated heterocycles. The Morgan fingerprint density at radius 2 is 2.33 bits per heavy atom. The van der Waals surface area contributed by atoms with Gasteiger partial charge in [-0.15, -0.1) is 0 Å². The van der Waals surface area contributed by atoms with Crippen molar-refractivity contribution in [1.29, 1.82) is 0 Å². The van der Waals surface area contributed by atoms with E-state index in [9.17, 15) is 4.79 Å². The van der Waals surface area contributed by atoms with Gasteiger partial charge in [0.1, 0.15) is 5.75 Å². The van der Waals surface area contributed by atoms with Crippen LogP contribution in [0.5, 0.6) is 5.75 Å². The van der Waals surface area contributed by atoms with Crippen molar-refractivity contribution >= 4 is 5.91 Å². The second-order valence-corrected chi connectivity index (χ2v) is 3.79. The highest BCUT2D eigenvalue weighted by atomic mass is 16.5. The largest absolute Gasteiger partial charge is 0.494 e. The molecule has 1 amide bonds. The monoisotopic (exact) mass is 205 g/mol. The fourth-order valence-electron chi connectivity index (χ4n) is 1.94. The van der Waals surface area contributed by atoms with Gasteiger partial charge in [0.2, 0.25) is 0 Å². The Labute approximate surface area is 89.4 Å². The molecule has 1 N–H and O–H groups in total. The Morgan fingerprint density at radius 3 is 3.07 bits per heavy atom. The summed E-state index contributed by atoms with van der Waals surface area (Å²) in [6.07, 6.45) is 0.844. The van der Waals surface area contributed by atoms with Gasteiger partial charge in [-0.1, -0.05) is 6.07 Å². The highest BCUT2D eigenvalue weighted by Gasteiger charge is 2.23. The van der Waals surface area contributed by atoms with Crippen molar-refractivity contribution in [2.75, 3.05) is 6.61 Å². The SMILES string of the molecule is CCOc1cccc2c1CC(C)NC2=O. The van der Waals surface area contributed by atoms with E-state index in [0.717, 1.165) is 23.3 Å². The molecule has 1 aliphatic heterocycles. The zero-order valence-corrected chi connectivity index (χ0v) is 9.04. The van der Waals surface area contributed by atoms with Gasteiger partial charge in [-0.3, -0.25) is 4.79 Å². The van der Waals surface area contributed by atoms with Crippen molar-refractivity contribution in [3.63, 3.8) is 0 Å². The van der Waals surface area contributed by atoms with E-state index in [1.165, 1.54) is 0 Å². The van der Waals surface area contributed by atoms with Crippen LogP contribution in [0.25, 0.3) is 0 Å². The number of nitrogens with one attached hydrogen (secondary N) is 1. The van der Waals surface area contributed by atoms with Crippen molar-refractivity contribution in [3.8, 4) is 5.75 Å². The highest BCUT2D eigenvalue weighted by Crippen LogP contribution is 2.26. The van der Waals surface area contributed by atoms with Crippen LogP contribution in [0.2, 0.25) is 0 Å². The number of ether oxygens (including phenoxy) is 1. The molecule has 3 nitrogen and oxygen atoms in total. The van der Waals surface area contributed by atoms with Crippen molar-refractivity contribution in [3.05, 3.63) is 29.3 Å². The van der Waals surface area contributed by atoms with Gasteiger partial charge in [-0.05, 0) is 32.4 Å². The summed E-state index contributed by atoms with van der Waals surface area (Å²) in [6, 6.07) is 5.82. The van der Waals surface area contributed by atoms with Crippen LogP contribution >= 0.6 is 0 Å². The topological polar surface area (TPSA) is 38.3 Å². The van der Waals surface area contributed by atoms with Crippen LogP contribution in [0.4, 0.5) is 0 Å². The Morgan fingerprint density at radius 1 is 1.53 bits per heavy atom. The van der Waals surface area contributed by atoms with Crippen molar-refractivity contribution in [2.45, 2.75) is 26.3 Å². The van der Waals surface area contributed by atoms with Crippen LogP contribution in [0, 0.1) is 0 Å². The first kappa shape index (κ1) is 10.0. The molecule has 1 unspecified atom stereocenters. The van der Waals surface area contributed by atoms with Crippen LogP contribution in [0.15, 0.2) is 18.2 Å². The summed E-state index contributed by atoms with van der Waals surface area (Å²) in [5, 5.41) is 2.91. The molecule has 15 heavy (non-hydrogen) atoms. The predicted molar refractivity (Wildman–Crippen MR) is 58.2 cm³/mol. The molecular formula is C12H15NO2. The first-order valence-electron chi connectivity index (χ1n) is 5.28. The minimum Gasteiger partial charge on any atom is -0.494 e. The van der Waals surface area contributed by atoms with Crippen LogP contribution in [-0.4, -0.2) is 18.6 Å².